The summed E-state index contributed by atoms with van der Waals surface area (Å²) < 4.78 is 0. The lowest BCUT2D eigenvalue weighted by Gasteiger charge is -2.24. The van der Waals surface area contributed by atoms with Gasteiger partial charge in [0, 0.05) is 5.75 Å². The summed E-state index contributed by atoms with van der Waals surface area (Å²) in [6.07, 6.45) is 1.93. The number of benzene rings is 1. The summed E-state index contributed by atoms with van der Waals surface area (Å²) in [4.78, 5) is 10.8. The fourth-order valence-electron chi connectivity index (χ4n) is 2.02. The van der Waals surface area contributed by atoms with Crippen LogP contribution in [-0.4, -0.2) is 27.7 Å². The molecule has 2 unspecified atom stereocenters. The van der Waals surface area contributed by atoms with Gasteiger partial charge in [0.05, 0.1) is 4.87 Å². The molecule has 92 valence electrons. The van der Waals surface area contributed by atoms with Gasteiger partial charge in [0.25, 0.3) is 0 Å². The number of aliphatic carboxylic acids is 1. The van der Waals surface area contributed by atoms with E-state index < -0.39 is 12.0 Å². The van der Waals surface area contributed by atoms with Crippen molar-refractivity contribution < 1.29 is 9.90 Å². The molecule has 1 fully saturated rings. The molecule has 0 bridgehead atoms. The van der Waals surface area contributed by atoms with Crippen LogP contribution in [-0.2, 0) is 11.2 Å². The third-order valence-corrected chi connectivity index (χ3v) is 4.54. The number of hydrogen-bond acceptors (Lipinski definition) is 3. The third-order valence-electron chi connectivity index (χ3n) is 3.08. The van der Waals surface area contributed by atoms with E-state index >= 15 is 0 Å². The predicted octanol–water partition coefficient (Wildman–Crippen LogP) is 2.12. The van der Waals surface area contributed by atoms with Crippen LogP contribution in [0.1, 0.15) is 18.9 Å². The molecule has 1 aliphatic rings. The highest BCUT2D eigenvalue weighted by Gasteiger charge is 2.37. The number of carbonyl (C=O) groups is 1. The van der Waals surface area contributed by atoms with Crippen LogP contribution < -0.4 is 5.32 Å². The van der Waals surface area contributed by atoms with Gasteiger partial charge in [-0.3, -0.25) is 10.1 Å². The normalized spacial score (nSPS) is 28.2. The summed E-state index contributed by atoms with van der Waals surface area (Å²) in [5.74, 6) is -0.0957. The van der Waals surface area contributed by atoms with Crippen LogP contribution in [0.5, 0.6) is 0 Å². The molecule has 17 heavy (non-hydrogen) atoms. The highest BCUT2D eigenvalue weighted by atomic mass is 32.2. The summed E-state index contributed by atoms with van der Waals surface area (Å²) in [7, 11) is 0. The average molecular weight is 251 g/mol. The Hall–Kier alpha value is -1.00. The second kappa shape index (κ2) is 5.10. The molecule has 1 aromatic carbocycles. The first kappa shape index (κ1) is 12.5. The van der Waals surface area contributed by atoms with E-state index in [2.05, 4.69) is 24.4 Å². The molecule has 1 heterocycles. The quantitative estimate of drug-likeness (QED) is 0.860. The molecule has 0 amide bonds. The van der Waals surface area contributed by atoms with Crippen molar-refractivity contribution in [2.45, 2.75) is 30.7 Å². The molecule has 4 heteroatoms. The van der Waals surface area contributed by atoms with Gasteiger partial charge in [0.1, 0.15) is 6.04 Å². The maximum absolute atomic E-state index is 10.9. The standard InChI is InChI=1S/C13H17NO2S/c1-13(14-11(9-17-13)12(15)16)8-7-10-5-3-2-4-6-10/h2-6,11,14H,7-9H2,1H3,(H,15,16). The van der Waals surface area contributed by atoms with E-state index in [9.17, 15) is 4.79 Å². The van der Waals surface area contributed by atoms with Crippen molar-refractivity contribution in [2.75, 3.05) is 5.75 Å². The van der Waals surface area contributed by atoms with Gasteiger partial charge < -0.3 is 5.11 Å². The lowest BCUT2D eigenvalue weighted by Crippen LogP contribution is -2.43. The molecule has 2 N–H and O–H groups in total. The van der Waals surface area contributed by atoms with Crippen molar-refractivity contribution >= 4 is 17.7 Å². The van der Waals surface area contributed by atoms with Gasteiger partial charge in [-0.1, -0.05) is 30.3 Å². The second-order valence-electron chi connectivity index (χ2n) is 4.56. The molecule has 2 rings (SSSR count). The van der Waals surface area contributed by atoms with Gasteiger partial charge in [-0.2, -0.15) is 0 Å². The van der Waals surface area contributed by atoms with Crippen LogP contribution in [0.25, 0.3) is 0 Å². The van der Waals surface area contributed by atoms with E-state index in [0.29, 0.717) is 5.75 Å². The van der Waals surface area contributed by atoms with E-state index in [0.717, 1.165) is 12.8 Å². The number of aryl methyl sites for hydroxylation is 1. The summed E-state index contributed by atoms with van der Waals surface area (Å²) in [6, 6.07) is 9.89. The van der Waals surface area contributed by atoms with Crippen LogP contribution in [0.4, 0.5) is 0 Å². The second-order valence-corrected chi connectivity index (χ2v) is 6.09. The lowest BCUT2D eigenvalue weighted by molar-refractivity contribution is -0.138. The Morgan fingerprint density at radius 3 is 2.82 bits per heavy atom. The van der Waals surface area contributed by atoms with Crippen molar-refractivity contribution in [1.29, 1.82) is 0 Å². The van der Waals surface area contributed by atoms with Gasteiger partial charge in [-0.15, -0.1) is 11.8 Å². The Kier molecular flexibility index (Phi) is 3.74. The van der Waals surface area contributed by atoms with E-state index in [1.807, 2.05) is 18.2 Å². The lowest BCUT2D eigenvalue weighted by atomic mass is 10.1. The Labute approximate surface area is 106 Å². The predicted molar refractivity (Wildman–Crippen MR) is 70.2 cm³/mol. The first-order valence-corrected chi connectivity index (χ1v) is 6.76. The van der Waals surface area contributed by atoms with Crippen LogP contribution in [0.15, 0.2) is 30.3 Å². The molecule has 0 saturated carbocycles. The smallest absolute Gasteiger partial charge is 0.321 e. The fraction of sp³-hybridized carbons (Fsp3) is 0.462. The van der Waals surface area contributed by atoms with Crippen molar-refractivity contribution in [2.24, 2.45) is 0 Å². The van der Waals surface area contributed by atoms with E-state index in [1.54, 1.807) is 11.8 Å². The summed E-state index contributed by atoms with van der Waals surface area (Å²) in [5.41, 5.74) is 1.30. The molecule has 2 atom stereocenters. The molecule has 1 aliphatic heterocycles. The third kappa shape index (κ3) is 3.23. The highest BCUT2D eigenvalue weighted by molar-refractivity contribution is 8.00. The number of rotatable bonds is 4. The minimum atomic E-state index is -0.749. The monoisotopic (exact) mass is 251 g/mol. The van der Waals surface area contributed by atoms with Crippen LogP contribution in [0.2, 0.25) is 0 Å². The average Bonchev–Trinajstić information content (AvgIpc) is 2.72. The maximum atomic E-state index is 10.9. The zero-order chi connectivity index (χ0) is 12.3. The molecule has 0 radical (unpaired) electrons. The zero-order valence-corrected chi connectivity index (χ0v) is 10.7. The number of carboxylic acids is 1. The Morgan fingerprint density at radius 2 is 2.24 bits per heavy atom. The minimum absolute atomic E-state index is 0.112. The summed E-state index contributed by atoms with van der Waals surface area (Å²) >= 11 is 1.71. The van der Waals surface area contributed by atoms with E-state index in [1.165, 1.54) is 5.56 Å². The molecule has 0 aliphatic carbocycles. The Balaban J connectivity index is 1.89. The van der Waals surface area contributed by atoms with Crippen molar-refractivity contribution in [3.63, 3.8) is 0 Å². The largest absolute Gasteiger partial charge is 0.480 e. The molecular formula is C13H17NO2S. The molecule has 1 saturated heterocycles. The Bertz CT molecular complexity index is 396. The van der Waals surface area contributed by atoms with Crippen molar-refractivity contribution in [3.05, 3.63) is 35.9 Å². The van der Waals surface area contributed by atoms with Gasteiger partial charge in [-0.05, 0) is 25.3 Å². The number of nitrogens with one attached hydrogen (secondary N) is 1. The zero-order valence-electron chi connectivity index (χ0n) is 9.85. The van der Waals surface area contributed by atoms with E-state index in [-0.39, 0.29) is 4.87 Å². The van der Waals surface area contributed by atoms with Gasteiger partial charge in [-0.25, -0.2) is 0 Å². The number of carboxylic acid groups (broad SMARTS) is 1. The van der Waals surface area contributed by atoms with Gasteiger partial charge >= 0.3 is 5.97 Å². The summed E-state index contributed by atoms with van der Waals surface area (Å²) in [6.45, 7) is 2.09. The molecule has 0 aromatic heterocycles. The topological polar surface area (TPSA) is 49.3 Å². The Morgan fingerprint density at radius 1 is 1.53 bits per heavy atom. The maximum Gasteiger partial charge on any atom is 0.321 e. The summed E-state index contributed by atoms with van der Waals surface area (Å²) in [5, 5.41) is 12.2. The van der Waals surface area contributed by atoms with Crippen molar-refractivity contribution in [3.8, 4) is 0 Å². The highest BCUT2D eigenvalue weighted by Crippen LogP contribution is 2.34. The van der Waals surface area contributed by atoms with Crippen LogP contribution >= 0.6 is 11.8 Å². The SMILES string of the molecule is CC1(CCc2ccccc2)NC(C(=O)O)CS1. The van der Waals surface area contributed by atoms with Crippen LogP contribution in [0.3, 0.4) is 0 Å². The molecule has 0 spiro atoms. The fourth-order valence-corrected chi connectivity index (χ4v) is 3.26. The number of thioether (sulfide) groups is 1. The first-order chi connectivity index (χ1) is 8.09. The van der Waals surface area contributed by atoms with Gasteiger partial charge in [0.15, 0.2) is 0 Å². The van der Waals surface area contributed by atoms with Crippen molar-refractivity contribution in [1.82, 2.24) is 5.32 Å². The van der Waals surface area contributed by atoms with Crippen LogP contribution in [0, 0.1) is 0 Å². The van der Waals surface area contributed by atoms with E-state index in [4.69, 9.17) is 5.11 Å². The first-order valence-electron chi connectivity index (χ1n) is 5.77. The van der Waals surface area contributed by atoms with Gasteiger partial charge in [0.2, 0.25) is 0 Å². The number of hydrogen-bond donors (Lipinski definition) is 2. The molecular weight excluding hydrogens is 234 g/mol. The minimum Gasteiger partial charge on any atom is -0.480 e. The molecule has 1 aromatic rings. The molecule has 3 nitrogen and oxygen atoms in total.